The Balaban J connectivity index is 0.000000582. The molecular weight excluding hydrogens is 515 g/mol. The molecule has 0 atom stereocenters. The van der Waals surface area contributed by atoms with Crippen molar-refractivity contribution in [3.05, 3.63) is 50.7 Å². The number of methoxy groups -OCH3 is 1. The molecule has 0 spiro atoms. The summed E-state index contributed by atoms with van der Waals surface area (Å²) in [5.74, 6) is 1.19. The Bertz CT molecular complexity index is 860. The van der Waals surface area contributed by atoms with Gasteiger partial charge in [-0.15, -0.1) is 0 Å². The first-order valence-electron chi connectivity index (χ1n) is 12.4. The highest BCUT2D eigenvalue weighted by atomic mass is 35.5. The fourth-order valence-corrected chi connectivity index (χ4v) is 4.19. The number of hydrogen-bond donors (Lipinski definition) is 1. The molecule has 2 rings (SSSR count). The fourth-order valence-electron chi connectivity index (χ4n) is 3.19. The van der Waals surface area contributed by atoms with E-state index in [1.165, 1.54) is 19.4 Å². The van der Waals surface area contributed by atoms with Gasteiger partial charge in [0.05, 0.1) is 7.11 Å². The summed E-state index contributed by atoms with van der Waals surface area (Å²) in [4.78, 5) is 16.4. The number of amides is 1. The van der Waals surface area contributed by atoms with Crippen LogP contribution in [0.25, 0.3) is 0 Å². The van der Waals surface area contributed by atoms with Crippen LogP contribution in [-0.4, -0.2) is 73.5 Å². The van der Waals surface area contributed by atoms with Crippen LogP contribution in [0.3, 0.4) is 0 Å². The smallest absolute Gasteiger partial charge is 0.272 e. The van der Waals surface area contributed by atoms with Gasteiger partial charge < -0.3 is 19.9 Å². The molecule has 1 fully saturated rings. The van der Waals surface area contributed by atoms with Crippen LogP contribution < -0.4 is 5.32 Å². The van der Waals surface area contributed by atoms with Crippen molar-refractivity contribution < 1.29 is 9.53 Å². The number of rotatable bonds is 10. The zero-order valence-electron chi connectivity index (χ0n) is 23.6. The number of aromatic nitrogens is 1. The molecule has 0 aliphatic carbocycles. The molecule has 0 radical (unpaired) electrons. The molecule has 1 N–H and O–H groups in total. The Morgan fingerprint density at radius 3 is 2.31 bits per heavy atom. The molecule has 0 aromatic carbocycles. The van der Waals surface area contributed by atoms with E-state index in [1.807, 2.05) is 32.9 Å². The summed E-state index contributed by atoms with van der Waals surface area (Å²) in [6.45, 7) is 20.2. The van der Waals surface area contributed by atoms with E-state index in [4.69, 9.17) is 27.9 Å². The van der Waals surface area contributed by atoms with Gasteiger partial charge in [0.25, 0.3) is 5.91 Å². The molecule has 9 heteroatoms. The number of allylic oxidation sites excluding steroid dienone is 4. The molecule has 0 bridgehead atoms. The minimum atomic E-state index is -0.244. The molecular formula is C27H46Cl2N4O2S. The van der Waals surface area contributed by atoms with Gasteiger partial charge in [0.2, 0.25) is 0 Å². The van der Waals surface area contributed by atoms with Crippen molar-refractivity contribution in [2.75, 3.05) is 47.4 Å². The molecule has 1 aromatic rings. The average Bonchev–Trinajstić information content (AvgIpc) is 3.15. The molecule has 1 saturated heterocycles. The molecule has 0 saturated carbocycles. The zero-order valence-corrected chi connectivity index (χ0v) is 25.9. The summed E-state index contributed by atoms with van der Waals surface area (Å²) in [7, 11) is 5.89. The van der Waals surface area contributed by atoms with Crippen LogP contribution >= 0.6 is 34.7 Å². The largest absolute Gasteiger partial charge is 0.497 e. The summed E-state index contributed by atoms with van der Waals surface area (Å²) in [5, 5.41) is 3.10. The van der Waals surface area contributed by atoms with Gasteiger partial charge in [-0.05, 0) is 90.4 Å². The number of nitrogens with one attached hydrogen (secondary N) is 1. The fraction of sp³-hybridized carbons (Fsp3) is 0.630. The SMILES string of the molecule is C=C/C(C)=C(C)\C(=C/C)OC.CC(C)N1CC(CNC(=O)c2nsc(Cl)c2Cl)C1.CCCCN(C)C. The number of carbonyl (C=O) groups excluding carboxylic acids is 1. The van der Waals surface area contributed by atoms with Crippen molar-refractivity contribution in [3.63, 3.8) is 0 Å². The van der Waals surface area contributed by atoms with Gasteiger partial charge in [0.1, 0.15) is 15.1 Å². The standard InChI is InChI=1S/C11H15Cl2N3OS.C10H16O.C6H15N/c1-6(2)16-4-7(5-16)3-14-11(17)9-8(12)10(13)18-15-9;1-6-8(3)9(4)10(7-2)11-5;1-4-5-6-7(2)3/h6-7H,3-5H2,1-2H3,(H,14,17);6-7H,1H2,2-5H3;4-6H2,1-3H3/b;9-8-,10-7+;. The molecule has 206 valence electrons. The molecule has 1 aliphatic heterocycles. The van der Waals surface area contributed by atoms with E-state index in [0.717, 1.165) is 41.5 Å². The predicted octanol–water partition coefficient (Wildman–Crippen LogP) is 6.93. The Morgan fingerprint density at radius 2 is 1.94 bits per heavy atom. The number of halogens is 2. The number of nitrogens with zero attached hydrogens (tertiary/aromatic N) is 3. The molecule has 1 aliphatic rings. The van der Waals surface area contributed by atoms with Crippen molar-refractivity contribution in [3.8, 4) is 0 Å². The Morgan fingerprint density at radius 1 is 1.33 bits per heavy atom. The third kappa shape index (κ3) is 12.7. The quantitative estimate of drug-likeness (QED) is 0.248. The Hall–Kier alpha value is -1.38. The number of ether oxygens (including phenoxy) is 1. The first-order chi connectivity index (χ1) is 16.9. The van der Waals surface area contributed by atoms with Gasteiger partial charge in [-0.1, -0.05) is 49.2 Å². The van der Waals surface area contributed by atoms with Crippen LogP contribution in [0.1, 0.15) is 64.9 Å². The third-order valence-corrected chi connectivity index (χ3v) is 7.40. The second kappa shape index (κ2) is 18.8. The number of likely N-dealkylation sites (tertiary alicyclic amines) is 1. The van der Waals surface area contributed by atoms with Gasteiger partial charge >= 0.3 is 0 Å². The molecule has 1 aromatic heterocycles. The maximum Gasteiger partial charge on any atom is 0.272 e. The highest BCUT2D eigenvalue weighted by Gasteiger charge is 2.29. The molecule has 1 amide bonds. The second-order valence-corrected chi connectivity index (χ2v) is 11.0. The molecule has 0 unspecified atom stereocenters. The first kappa shape index (κ1) is 34.6. The number of hydrogen-bond acceptors (Lipinski definition) is 6. The minimum absolute atomic E-state index is 0.228. The normalized spacial score (nSPS) is 14.8. The highest BCUT2D eigenvalue weighted by Crippen LogP contribution is 2.29. The maximum atomic E-state index is 11.8. The van der Waals surface area contributed by atoms with E-state index in [9.17, 15) is 4.79 Å². The van der Waals surface area contributed by atoms with Crippen LogP contribution in [0.2, 0.25) is 9.36 Å². The van der Waals surface area contributed by atoms with Crippen molar-refractivity contribution in [1.82, 2.24) is 19.5 Å². The topological polar surface area (TPSA) is 57.7 Å². The van der Waals surface area contributed by atoms with Gasteiger partial charge in [0.15, 0.2) is 5.69 Å². The van der Waals surface area contributed by atoms with Gasteiger partial charge in [-0.3, -0.25) is 4.79 Å². The van der Waals surface area contributed by atoms with Gasteiger partial charge in [0, 0.05) is 31.6 Å². The van der Waals surface area contributed by atoms with Gasteiger partial charge in [-0.2, -0.15) is 4.37 Å². The predicted molar refractivity (Wildman–Crippen MR) is 157 cm³/mol. The van der Waals surface area contributed by atoms with E-state index in [1.54, 1.807) is 7.11 Å². The van der Waals surface area contributed by atoms with Crippen LogP contribution in [0.5, 0.6) is 0 Å². The number of unbranched alkanes of at least 4 members (excludes halogenated alkanes) is 1. The molecule has 2 heterocycles. The first-order valence-corrected chi connectivity index (χ1v) is 13.9. The van der Waals surface area contributed by atoms with E-state index in [0.29, 0.717) is 22.8 Å². The lowest BCUT2D eigenvalue weighted by atomic mass is 9.98. The van der Waals surface area contributed by atoms with Crippen LogP contribution in [-0.2, 0) is 4.74 Å². The summed E-state index contributed by atoms with van der Waals surface area (Å²) < 4.78 is 9.43. The van der Waals surface area contributed by atoms with Crippen molar-refractivity contribution in [1.29, 1.82) is 0 Å². The monoisotopic (exact) mass is 560 g/mol. The van der Waals surface area contributed by atoms with Crippen LogP contribution in [0.4, 0.5) is 0 Å². The Kier molecular flexibility index (Phi) is 18.1. The zero-order chi connectivity index (χ0) is 27.8. The summed E-state index contributed by atoms with van der Waals surface area (Å²) >= 11 is 12.7. The van der Waals surface area contributed by atoms with E-state index in [-0.39, 0.29) is 16.6 Å². The minimum Gasteiger partial charge on any atom is -0.497 e. The second-order valence-electron chi connectivity index (χ2n) is 9.27. The van der Waals surface area contributed by atoms with Gasteiger partial charge in [-0.25, -0.2) is 0 Å². The molecule has 6 nitrogen and oxygen atoms in total. The van der Waals surface area contributed by atoms with Crippen LogP contribution in [0, 0.1) is 5.92 Å². The summed E-state index contributed by atoms with van der Waals surface area (Å²) in [6.07, 6.45) is 6.41. The number of carbonyl (C=O) groups is 1. The Labute approximate surface area is 233 Å². The van der Waals surface area contributed by atoms with Crippen LogP contribution in [0.15, 0.2) is 35.6 Å². The van der Waals surface area contributed by atoms with Crippen molar-refractivity contribution in [2.24, 2.45) is 5.92 Å². The maximum absolute atomic E-state index is 11.8. The van der Waals surface area contributed by atoms with E-state index >= 15 is 0 Å². The summed E-state index contributed by atoms with van der Waals surface area (Å²) in [5.41, 5.74) is 2.52. The lowest BCUT2D eigenvalue weighted by Crippen LogP contribution is -2.53. The lowest BCUT2D eigenvalue weighted by molar-refractivity contribution is 0.0639. The third-order valence-electron chi connectivity index (χ3n) is 5.79. The van der Waals surface area contributed by atoms with E-state index in [2.05, 4.69) is 60.9 Å². The van der Waals surface area contributed by atoms with Crippen molar-refractivity contribution in [2.45, 2.75) is 60.4 Å². The molecule has 36 heavy (non-hydrogen) atoms. The van der Waals surface area contributed by atoms with Crippen molar-refractivity contribution >= 4 is 40.6 Å². The highest BCUT2D eigenvalue weighted by molar-refractivity contribution is 7.11. The lowest BCUT2D eigenvalue weighted by Gasteiger charge is -2.42. The average molecular weight is 562 g/mol. The van der Waals surface area contributed by atoms with E-state index < -0.39 is 0 Å². The summed E-state index contributed by atoms with van der Waals surface area (Å²) in [6, 6.07) is 0.573.